The third kappa shape index (κ3) is 7.05. The van der Waals surface area contributed by atoms with E-state index in [4.69, 9.17) is 0 Å². The number of carboxylic acid groups (broad SMARTS) is 2. The summed E-state index contributed by atoms with van der Waals surface area (Å²) in [4.78, 5) is 24.2. The van der Waals surface area contributed by atoms with Crippen LogP contribution in [0.15, 0.2) is 11.6 Å². The van der Waals surface area contributed by atoms with Gasteiger partial charge in [0, 0.05) is 0 Å². The Morgan fingerprint density at radius 3 is 2.00 bits per heavy atom. The summed E-state index contributed by atoms with van der Waals surface area (Å²) in [5.41, 5.74) is 2.14. The van der Waals surface area contributed by atoms with Crippen LogP contribution in [0.5, 0.6) is 0 Å². The van der Waals surface area contributed by atoms with E-state index in [-0.39, 0.29) is 68.1 Å². The summed E-state index contributed by atoms with van der Waals surface area (Å²) in [5.74, 6) is 3.03. The van der Waals surface area contributed by atoms with Gasteiger partial charge < -0.3 is 25.5 Å². The first-order valence-corrected chi connectivity index (χ1v) is 26.9. The molecule has 64 heavy (non-hydrogen) atoms. The Morgan fingerprint density at radius 2 is 1.34 bits per heavy atom. The Balaban J connectivity index is 0.000000175. The minimum absolute atomic E-state index is 0.0301. The normalized spacial score (nSPS) is 51.9. The highest BCUT2D eigenvalue weighted by Gasteiger charge is 2.70. The van der Waals surface area contributed by atoms with Gasteiger partial charge in [-0.25, -0.2) is 0 Å². The average Bonchev–Trinajstić information content (AvgIpc) is 3.57. The number of carbonyl (C=O) groups is 2. The van der Waals surface area contributed by atoms with Gasteiger partial charge >= 0.3 is 11.9 Å². The highest BCUT2D eigenvalue weighted by Crippen LogP contribution is 2.76. The first-order valence-electron chi connectivity index (χ1n) is 26.9. The number of rotatable bonds is 6. The zero-order valence-electron chi connectivity index (χ0n) is 42.6. The van der Waals surface area contributed by atoms with Crippen molar-refractivity contribution >= 4 is 11.9 Å². The molecule has 7 nitrogen and oxygen atoms in total. The molecule has 0 amide bonds. The molecule has 7 heteroatoms. The van der Waals surface area contributed by atoms with Crippen molar-refractivity contribution in [2.45, 2.75) is 223 Å². The van der Waals surface area contributed by atoms with Crippen LogP contribution in [0.1, 0.15) is 205 Å². The molecule has 0 saturated heterocycles. The second-order valence-electron chi connectivity index (χ2n) is 27.6. The van der Waals surface area contributed by atoms with Gasteiger partial charge in [0.1, 0.15) is 0 Å². The van der Waals surface area contributed by atoms with Crippen molar-refractivity contribution in [2.24, 2.45) is 108 Å². The molecule has 0 heterocycles. The van der Waals surface area contributed by atoms with Crippen LogP contribution in [0, 0.1) is 108 Å². The molecule has 0 aliphatic heterocycles. The summed E-state index contributed by atoms with van der Waals surface area (Å²) in [7, 11) is 0. The predicted molar refractivity (Wildman–Crippen MR) is 255 cm³/mol. The Kier molecular flexibility index (Phi) is 12.5. The molecule has 5 N–H and O–H groups in total. The topological polar surface area (TPSA) is 135 Å². The van der Waals surface area contributed by atoms with Crippen molar-refractivity contribution in [3.05, 3.63) is 11.6 Å². The lowest BCUT2D eigenvalue weighted by atomic mass is 9.33. The summed E-state index contributed by atoms with van der Waals surface area (Å²) in [6, 6.07) is 0. The Labute approximate surface area is 389 Å². The van der Waals surface area contributed by atoms with Gasteiger partial charge in [0.15, 0.2) is 0 Å². The largest absolute Gasteiger partial charge is 0.481 e. The molecular weight excluding hydrogens is 797 g/mol. The van der Waals surface area contributed by atoms with Crippen molar-refractivity contribution < 1.29 is 35.1 Å². The van der Waals surface area contributed by atoms with Crippen molar-refractivity contribution in [3.63, 3.8) is 0 Å². The highest BCUT2D eigenvalue weighted by molar-refractivity contribution is 5.76. The SMILES string of the molecule is CC1(C)CC[C@]2(C(=O)O)CC[C@]3(C)C(=CCC4[C@@]5(C)CC[C@H](O)C(C)(C)C5CC[C@]43C)C2C1.CC[C@H]1[C@@H](O)C2C3CCC([C@H](C)C[C@H](C)C(=O)O)[C@@]3(C)CCC2[C@@]2(C)CC[C@@H](O)C[C@@H]12. The molecule has 20 atom stereocenters. The number of aliphatic carboxylic acids is 2. The molecule has 0 aromatic heterocycles. The summed E-state index contributed by atoms with van der Waals surface area (Å²) in [6.45, 7) is 28.3. The molecule has 9 aliphatic carbocycles. The molecular formula is C57H94O7. The van der Waals surface area contributed by atoms with E-state index in [0.717, 1.165) is 83.5 Å². The summed E-state index contributed by atoms with van der Waals surface area (Å²) in [5, 5.41) is 53.0. The first kappa shape index (κ1) is 49.0. The van der Waals surface area contributed by atoms with Crippen LogP contribution in [0.25, 0.3) is 0 Å². The minimum atomic E-state index is -0.679. The maximum Gasteiger partial charge on any atom is 0.310 e. The first-order chi connectivity index (χ1) is 29.7. The molecule has 8 saturated carbocycles. The van der Waals surface area contributed by atoms with E-state index in [1.54, 1.807) is 0 Å². The van der Waals surface area contributed by atoms with Gasteiger partial charge in [-0.1, -0.05) is 101 Å². The van der Waals surface area contributed by atoms with Crippen LogP contribution in [0.4, 0.5) is 0 Å². The van der Waals surface area contributed by atoms with Crippen LogP contribution >= 0.6 is 0 Å². The maximum absolute atomic E-state index is 12.8. The van der Waals surface area contributed by atoms with Crippen molar-refractivity contribution in [3.8, 4) is 0 Å². The third-order valence-corrected chi connectivity index (χ3v) is 24.3. The number of aliphatic hydroxyl groups excluding tert-OH is 3. The second-order valence-corrected chi connectivity index (χ2v) is 27.6. The number of aliphatic hydroxyl groups is 3. The lowest BCUT2D eigenvalue weighted by Gasteiger charge is -2.71. The number of hydrogen-bond acceptors (Lipinski definition) is 5. The molecule has 9 rings (SSSR count). The fourth-order valence-electron chi connectivity index (χ4n) is 20.4. The van der Waals surface area contributed by atoms with Crippen LogP contribution in [0.3, 0.4) is 0 Å². The molecule has 8 fully saturated rings. The molecule has 9 aliphatic rings. The predicted octanol–water partition coefficient (Wildman–Crippen LogP) is 12.6. The van der Waals surface area contributed by atoms with Crippen molar-refractivity contribution in [1.82, 2.24) is 0 Å². The van der Waals surface area contributed by atoms with Gasteiger partial charge in [-0.05, 0) is 213 Å². The van der Waals surface area contributed by atoms with E-state index < -0.39 is 17.4 Å². The molecule has 0 bridgehead atoms. The van der Waals surface area contributed by atoms with Gasteiger partial charge in [-0.15, -0.1) is 0 Å². The lowest BCUT2D eigenvalue weighted by molar-refractivity contribution is -0.205. The molecule has 0 aromatic rings. The summed E-state index contributed by atoms with van der Waals surface area (Å²) < 4.78 is 0. The number of hydrogen-bond donors (Lipinski definition) is 5. The third-order valence-electron chi connectivity index (χ3n) is 24.3. The standard InChI is InChI=1S/C30H48O3.C27H46O4/c1-25(2)14-16-30(24(32)33)17-15-28(6)19(20(30)18-25)8-9-22-27(5)12-11-23(31)26(3,4)21(27)10-13-29(22,28)7;1-6-18-22-14-17(28)9-11-27(22,5)21-10-12-26(4)19(15(2)13-16(3)25(30)31)7-8-20(26)23(21)24(18)29/h8,20-23,31H,9-18H2,1-7H3,(H,32,33);15-24,28-29H,6-14H2,1-5H3,(H,30,31)/t20?,21?,22?,23-,27-,28+,29+,30-;15-,16+,17-,18-,19?,20?,21?,22+,23?,24-,26-,27-/m01/s1. The second kappa shape index (κ2) is 16.3. The van der Waals surface area contributed by atoms with Crippen LogP contribution in [-0.4, -0.2) is 55.8 Å². The maximum atomic E-state index is 12.8. The van der Waals surface area contributed by atoms with Gasteiger partial charge in [0.2, 0.25) is 0 Å². The van der Waals surface area contributed by atoms with E-state index in [9.17, 15) is 35.1 Å². The average molecular weight is 891 g/mol. The molecule has 0 aromatic carbocycles. The van der Waals surface area contributed by atoms with E-state index in [1.165, 1.54) is 44.1 Å². The number of carboxylic acids is 2. The van der Waals surface area contributed by atoms with E-state index in [0.29, 0.717) is 53.3 Å². The highest BCUT2D eigenvalue weighted by atomic mass is 16.4. The van der Waals surface area contributed by atoms with Gasteiger partial charge in [0.05, 0.1) is 29.6 Å². The fourth-order valence-corrected chi connectivity index (χ4v) is 20.4. The Bertz CT molecular complexity index is 1820. The molecule has 7 unspecified atom stereocenters. The van der Waals surface area contributed by atoms with Crippen molar-refractivity contribution in [2.75, 3.05) is 0 Å². The smallest absolute Gasteiger partial charge is 0.310 e. The summed E-state index contributed by atoms with van der Waals surface area (Å²) in [6.07, 6.45) is 21.6. The Morgan fingerprint density at radius 1 is 0.703 bits per heavy atom. The van der Waals surface area contributed by atoms with Gasteiger partial charge in [-0.2, -0.15) is 0 Å². The fraction of sp³-hybridized carbons (Fsp3) is 0.930. The summed E-state index contributed by atoms with van der Waals surface area (Å²) >= 11 is 0. The van der Waals surface area contributed by atoms with Gasteiger partial charge in [0.25, 0.3) is 0 Å². The quantitative estimate of drug-likeness (QED) is 0.168. The minimum Gasteiger partial charge on any atom is -0.481 e. The lowest BCUT2D eigenvalue weighted by Crippen LogP contribution is -2.65. The van der Waals surface area contributed by atoms with Gasteiger partial charge in [-0.3, -0.25) is 9.59 Å². The molecule has 0 radical (unpaired) electrons. The molecule has 364 valence electrons. The zero-order chi connectivity index (χ0) is 47.0. The van der Waals surface area contributed by atoms with Crippen LogP contribution in [-0.2, 0) is 9.59 Å². The number of allylic oxidation sites excluding steroid dienone is 2. The monoisotopic (exact) mass is 891 g/mol. The van der Waals surface area contributed by atoms with Crippen LogP contribution in [0.2, 0.25) is 0 Å². The zero-order valence-corrected chi connectivity index (χ0v) is 42.6. The molecule has 0 spiro atoms. The van der Waals surface area contributed by atoms with E-state index >= 15 is 0 Å². The van der Waals surface area contributed by atoms with Crippen LogP contribution < -0.4 is 0 Å². The Hall–Kier alpha value is -1.44. The van der Waals surface area contributed by atoms with Crippen molar-refractivity contribution in [1.29, 1.82) is 0 Å². The number of fused-ring (bicyclic) bond motifs is 12. The van der Waals surface area contributed by atoms with E-state index in [2.05, 4.69) is 82.2 Å². The van der Waals surface area contributed by atoms with E-state index in [1.807, 2.05) is 6.92 Å².